The van der Waals surface area contributed by atoms with Crippen molar-refractivity contribution in [3.8, 4) is 5.75 Å². The summed E-state index contributed by atoms with van der Waals surface area (Å²) in [5, 5.41) is -1.10. The second-order valence-corrected chi connectivity index (χ2v) is 5.62. The molecule has 1 aromatic heterocycles. The summed E-state index contributed by atoms with van der Waals surface area (Å²) in [7, 11) is 1.47. The number of benzene rings is 1. The summed E-state index contributed by atoms with van der Waals surface area (Å²) < 4.78 is 48.6. The van der Waals surface area contributed by atoms with E-state index >= 15 is 0 Å². The molecule has 0 bridgehead atoms. The van der Waals surface area contributed by atoms with Crippen LogP contribution in [0.15, 0.2) is 32.3 Å². The van der Waals surface area contributed by atoms with Crippen molar-refractivity contribution in [1.29, 1.82) is 0 Å². The number of halogens is 3. The Morgan fingerprint density at radius 3 is 2.80 bits per heavy atom. The van der Waals surface area contributed by atoms with Gasteiger partial charge in [0.15, 0.2) is 0 Å². The number of thioether (sulfide) groups is 1. The molecule has 2 heterocycles. The second-order valence-electron chi connectivity index (χ2n) is 4.41. The van der Waals surface area contributed by atoms with Gasteiger partial charge in [0.2, 0.25) is 0 Å². The molecule has 3 rings (SSSR count). The van der Waals surface area contributed by atoms with E-state index in [1.807, 2.05) is 0 Å². The molecule has 0 saturated carbocycles. The van der Waals surface area contributed by atoms with Crippen molar-refractivity contribution in [3.63, 3.8) is 0 Å². The highest BCUT2D eigenvalue weighted by Gasteiger charge is 2.45. The summed E-state index contributed by atoms with van der Waals surface area (Å²) in [6.45, 7) is 0. The molecule has 1 atom stereocenters. The zero-order chi connectivity index (χ0) is 14.5. The largest absolute Gasteiger partial charge is 0.497 e. The molecule has 0 spiro atoms. The van der Waals surface area contributed by atoms with Crippen LogP contribution in [0.4, 0.5) is 13.2 Å². The Kier molecular flexibility index (Phi) is 2.97. The van der Waals surface area contributed by atoms with E-state index in [-0.39, 0.29) is 16.9 Å². The molecule has 1 aliphatic heterocycles. The summed E-state index contributed by atoms with van der Waals surface area (Å²) in [5.74, 6) is 0.508. The Morgan fingerprint density at radius 1 is 1.40 bits per heavy atom. The monoisotopic (exact) mass is 302 g/mol. The van der Waals surface area contributed by atoms with E-state index in [1.54, 1.807) is 12.1 Å². The van der Waals surface area contributed by atoms with E-state index in [1.165, 1.54) is 13.2 Å². The van der Waals surface area contributed by atoms with Gasteiger partial charge in [0.1, 0.15) is 16.6 Å². The van der Waals surface area contributed by atoms with Crippen molar-refractivity contribution in [1.82, 2.24) is 0 Å². The van der Waals surface area contributed by atoms with Crippen LogP contribution in [0.2, 0.25) is 0 Å². The molecule has 20 heavy (non-hydrogen) atoms. The van der Waals surface area contributed by atoms with Gasteiger partial charge >= 0.3 is 11.8 Å². The van der Waals surface area contributed by atoms with Gasteiger partial charge in [-0.15, -0.1) is 11.8 Å². The Balaban J connectivity index is 2.21. The third kappa shape index (κ3) is 2.06. The number of hydrogen-bond acceptors (Lipinski definition) is 4. The van der Waals surface area contributed by atoms with E-state index < -0.39 is 17.1 Å². The lowest BCUT2D eigenvalue weighted by Crippen LogP contribution is -2.24. The third-order valence-electron chi connectivity index (χ3n) is 3.19. The summed E-state index contributed by atoms with van der Waals surface area (Å²) in [4.78, 5) is 11.8. The molecule has 0 unspecified atom stereocenters. The maximum atomic E-state index is 12.8. The molecule has 7 heteroatoms. The van der Waals surface area contributed by atoms with Crippen molar-refractivity contribution in [2.75, 3.05) is 7.11 Å². The lowest BCUT2D eigenvalue weighted by atomic mass is 10.1. The SMILES string of the molecule is COc1ccc2oc(=O)c3c(c2c1)C[C@H](C(F)(F)F)S3. The first-order valence-corrected chi connectivity index (χ1v) is 6.65. The van der Waals surface area contributed by atoms with E-state index in [2.05, 4.69) is 0 Å². The summed E-state index contributed by atoms with van der Waals surface area (Å²) in [6, 6.07) is 4.72. The molecule has 2 aromatic rings. The van der Waals surface area contributed by atoms with Crippen molar-refractivity contribution in [2.24, 2.45) is 0 Å². The van der Waals surface area contributed by atoms with Crippen LogP contribution in [-0.4, -0.2) is 18.5 Å². The molecule has 0 amide bonds. The molecule has 106 valence electrons. The molecule has 0 fully saturated rings. The van der Waals surface area contributed by atoms with Crippen LogP contribution in [0.3, 0.4) is 0 Å². The smallest absolute Gasteiger partial charge is 0.401 e. The normalized spacial score (nSPS) is 18.3. The first-order valence-electron chi connectivity index (χ1n) is 5.77. The minimum atomic E-state index is -4.35. The second kappa shape index (κ2) is 4.44. The molecule has 0 N–H and O–H groups in total. The van der Waals surface area contributed by atoms with E-state index in [9.17, 15) is 18.0 Å². The lowest BCUT2D eigenvalue weighted by molar-refractivity contribution is -0.127. The van der Waals surface area contributed by atoms with Gasteiger partial charge < -0.3 is 9.15 Å². The fourth-order valence-corrected chi connectivity index (χ4v) is 3.37. The van der Waals surface area contributed by atoms with Gasteiger partial charge in [-0.1, -0.05) is 0 Å². The zero-order valence-electron chi connectivity index (χ0n) is 10.3. The number of ether oxygens (including phenoxy) is 1. The minimum absolute atomic E-state index is 0.0491. The minimum Gasteiger partial charge on any atom is -0.497 e. The van der Waals surface area contributed by atoms with E-state index in [0.29, 0.717) is 28.5 Å². The molecule has 1 aromatic carbocycles. The highest BCUT2D eigenvalue weighted by atomic mass is 32.2. The number of fused-ring (bicyclic) bond motifs is 3. The predicted molar refractivity (Wildman–Crippen MR) is 68.4 cm³/mol. The number of alkyl halides is 3. The standard InChI is InChI=1S/C13H9F3O3S/c1-18-6-2-3-9-7(4-6)8-5-10(13(14,15)16)20-11(8)12(17)19-9/h2-4,10H,5H2,1H3/t10-/m1/s1. The van der Waals surface area contributed by atoms with Crippen LogP contribution in [-0.2, 0) is 6.42 Å². The summed E-state index contributed by atoms with van der Waals surface area (Å²) in [6.07, 6.45) is -4.57. The number of methoxy groups -OCH3 is 1. The molecule has 3 nitrogen and oxygen atoms in total. The average Bonchev–Trinajstić information content (AvgIpc) is 2.84. The van der Waals surface area contributed by atoms with Gasteiger partial charge in [-0.25, -0.2) is 4.79 Å². The fourth-order valence-electron chi connectivity index (χ4n) is 2.23. The molecule has 1 aliphatic rings. The van der Waals surface area contributed by atoms with Crippen LogP contribution in [0.25, 0.3) is 11.0 Å². The first kappa shape index (κ1) is 13.4. The molecular formula is C13H9F3O3S. The van der Waals surface area contributed by atoms with Crippen LogP contribution in [0.5, 0.6) is 5.75 Å². The molecular weight excluding hydrogens is 293 g/mol. The first-order chi connectivity index (χ1) is 9.40. The lowest BCUT2D eigenvalue weighted by Gasteiger charge is -2.12. The van der Waals surface area contributed by atoms with Crippen molar-refractivity contribution in [3.05, 3.63) is 34.2 Å². The fraction of sp³-hybridized carbons (Fsp3) is 0.308. The Morgan fingerprint density at radius 2 is 2.15 bits per heavy atom. The van der Waals surface area contributed by atoms with Gasteiger partial charge in [0.25, 0.3) is 0 Å². The average molecular weight is 302 g/mol. The Bertz CT molecular complexity index is 736. The third-order valence-corrected chi connectivity index (χ3v) is 4.56. The molecule has 0 aliphatic carbocycles. The van der Waals surface area contributed by atoms with Gasteiger partial charge in [0, 0.05) is 5.39 Å². The highest BCUT2D eigenvalue weighted by molar-refractivity contribution is 8.00. The van der Waals surface area contributed by atoms with Crippen LogP contribution >= 0.6 is 11.8 Å². The Labute approximate surface area is 115 Å². The van der Waals surface area contributed by atoms with Gasteiger partial charge in [-0.05, 0) is 30.2 Å². The van der Waals surface area contributed by atoms with Crippen LogP contribution in [0.1, 0.15) is 5.56 Å². The number of rotatable bonds is 1. The highest BCUT2D eigenvalue weighted by Crippen LogP contribution is 2.45. The van der Waals surface area contributed by atoms with E-state index in [0.717, 1.165) is 0 Å². The zero-order valence-corrected chi connectivity index (χ0v) is 11.1. The molecule has 0 radical (unpaired) electrons. The van der Waals surface area contributed by atoms with Gasteiger partial charge in [0.05, 0.1) is 12.0 Å². The maximum Gasteiger partial charge on any atom is 0.401 e. The van der Waals surface area contributed by atoms with Crippen molar-refractivity contribution >= 4 is 22.7 Å². The van der Waals surface area contributed by atoms with Gasteiger partial charge in [-0.2, -0.15) is 13.2 Å². The van der Waals surface area contributed by atoms with Crippen LogP contribution < -0.4 is 10.4 Å². The van der Waals surface area contributed by atoms with Gasteiger partial charge in [-0.3, -0.25) is 0 Å². The Hall–Kier alpha value is -1.63. The summed E-state index contributed by atoms with van der Waals surface area (Å²) in [5.41, 5.74) is -0.0464. The quantitative estimate of drug-likeness (QED) is 0.757. The predicted octanol–water partition coefficient (Wildman–Crippen LogP) is 3.38. The van der Waals surface area contributed by atoms with E-state index in [4.69, 9.17) is 9.15 Å². The van der Waals surface area contributed by atoms with Crippen LogP contribution in [0, 0.1) is 0 Å². The molecule has 0 saturated heterocycles. The topological polar surface area (TPSA) is 39.4 Å². The van der Waals surface area contributed by atoms with Crippen molar-refractivity contribution < 1.29 is 22.3 Å². The number of hydrogen-bond donors (Lipinski definition) is 0. The van der Waals surface area contributed by atoms with Crippen molar-refractivity contribution in [2.45, 2.75) is 22.7 Å². The maximum absolute atomic E-state index is 12.8. The summed E-state index contributed by atoms with van der Waals surface area (Å²) >= 11 is 0.526.